The van der Waals surface area contributed by atoms with Crippen LogP contribution in [0.15, 0.2) is 0 Å². The van der Waals surface area contributed by atoms with Crippen molar-refractivity contribution in [2.45, 2.75) is 25.0 Å². The molecular formula is C10H16N2O6. The van der Waals surface area contributed by atoms with Crippen LogP contribution in [0.3, 0.4) is 0 Å². The van der Waals surface area contributed by atoms with E-state index in [0.717, 1.165) is 0 Å². The Morgan fingerprint density at radius 2 is 2.11 bits per heavy atom. The van der Waals surface area contributed by atoms with E-state index in [0.29, 0.717) is 19.5 Å². The van der Waals surface area contributed by atoms with Gasteiger partial charge in [0.15, 0.2) is 0 Å². The van der Waals surface area contributed by atoms with Crippen LogP contribution in [0.25, 0.3) is 0 Å². The van der Waals surface area contributed by atoms with Crippen molar-refractivity contribution in [2.75, 3.05) is 20.2 Å². The van der Waals surface area contributed by atoms with Crippen LogP contribution in [0.5, 0.6) is 0 Å². The molecule has 0 aromatic carbocycles. The van der Waals surface area contributed by atoms with Gasteiger partial charge in [0.05, 0.1) is 12.5 Å². The summed E-state index contributed by atoms with van der Waals surface area (Å²) in [5, 5.41) is 19.5. The average molecular weight is 260 g/mol. The first kappa shape index (κ1) is 14.2. The number of nitrogens with zero attached hydrogens (tertiary/aromatic N) is 1. The summed E-state index contributed by atoms with van der Waals surface area (Å²) in [7, 11) is 1.54. The number of carbonyl (C=O) groups is 3. The van der Waals surface area contributed by atoms with Gasteiger partial charge in [-0.05, 0) is 6.42 Å². The van der Waals surface area contributed by atoms with Crippen molar-refractivity contribution in [3.8, 4) is 0 Å². The molecule has 0 radical (unpaired) electrons. The monoisotopic (exact) mass is 260 g/mol. The molecule has 1 heterocycles. The Balaban J connectivity index is 2.51. The maximum atomic E-state index is 11.7. The Morgan fingerprint density at radius 3 is 2.56 bits per heavy atom. The first-order valence-corrected chi connectivity index (χ1v) is 5.47. The van der Waals surface area contributed by atoms with Crippen LogP contribution >= 0.6 is 0 Å². The third kappa shape index (κ3) is 3.88. The fraction of sp³-hybridized carbons (Fsp3) is 0.700. The number of carboxylic acid groups (broad SMARTS) is 2. The quantitative estimate of drug-likeness (QED) is 0.604. The lowest BCUT2D eigenvalue weighted by Crippen LogP contribution is -2.48. The Morgan fingerprint density at radius 1 is 1.44 bits per heavy atom. The van der Waals surface area contributed by atoms with Gasteiger partial charge in [0.2, 0.25) is 0 Å². The van der Waals surface area contributed by atoms with E-state index in [4.69, 9.17) is 14.9 Å². The van der Waals surface area contributed by atoms with E-state index in [1.54, 1.807) is 0 Å². The van der Waals surface area contributed by atoms with Crippen LogP contribution in [0.4, 0.5) is 4.79 Å². The molecular weight excluding hydrogens is 244 g/mol. The maximum Gasteiger partial charge on any atom is 0.326 e. The highest BCUT2D eigenvalue weighted by Gasteiger charge is 2.30. The average Bonchev–Trinajstić information content (AvgIpc) is 2.75. The predicted octanol–water partition coefficient (Wildman–Crippen LogP) is -0.655. The van der Waals surface area contributed by atoms with Crippen molar-refractivity contribution in [2.24, 2.45) is 0 Å². The van der Waals surface area contributed by atoms with Crippen molar-refractivity contribution in [1.82, 2.24) is 10.2 Å². The molecule has 1 aliphatic rings. The van der Waals surface area contributed by atoms with E-state index in [9.17, 15) is 14.4 Å². The van der Waals surface area contributed by atoms with E-state index < -0.39 is 30.4 Å². The molecule has 0 aromatic rings. The fourth-order valence-electron chi connectivity index (χ4n) is 1.72. The summed E-state index contributed by atoms with van der Waals surface area (Å²) in [6.45, 7) is 0.839. The second-order valence-corrected chi connectivity index (χ2v) is 4.03. The molecule has 0 aromatic heterocycles. The number of nitrogens with one attached hydrogen (secondary N) is 1. The third-order valence-corrected chi connectivity index (χ3v) is 2.74. The van der Waals surface area contributed by atoms with Crippen LogP contribution in [-0.2, 0) is 14.3 Å². The lowest BCUT2D eigenvalue weighted by atomic mass is 10.2. The number of urea groups is 1. The summed E-state index contributed by atoms with van der Waals surface area (Å²) in [5.41, 5.74) is 0. The molecule has 18 heavy (non-hydrogen) atoms. The molecule has 1 unspecified atom stereocenters. The molecule has 8 nitrogen and oxygen atoms in total. The topological polar surface area (TPSA) is 116 Å². The minimum atomic E-state index is -1.42. The number of methoxy groups -OCH3 is 1. The van der Waals surface area contributed by atoms with Crippen LogP contribution in [-0.4, -0.2) is 65.4 Å². The number of aliphatic carboxylic acids is 2. The smallest absolute Gasteiger partial charge is 0.326 e. The lowest BCUT2D eigenvalue weighted by Gasteiger charge is -2.20. The van der Waals surface area contributed by atoms with Crippen molar-refractivity contribution in [3.63, 3.8) is 0 Å². The van der Waals surface area contributed by atoms with Crippen molar-refractivity contribution in [3.05, 3.63) is 0 Å². The summed E-state index contributed by atoms with van der Waals surface area (Å²) in [4.78, 5) is 34.4. The van der Waals surface area contributed by atoms with Gasteiger partial charge in [-0.2, -0.15) is 0 Å². The molecule has 1 aliphatic heterocycles. The van der Waals surface area contributed by atoms with Gasteiger partial charge in [0, 0.05) is 20.2 Å². The van der Waals surface area contributed by atoms with Gasteiger partial charge in [0.1, 0.15) is 6.04 Å². The highest BCUT2D eigenvalue weighted by atomic mass is 16.5. The highest BCUT2D eigenvalue weighted by Crippen LogP contribution is 2.12. The summed E-state index contributed by atoms with van der Waals surface area (Å²) in [6.07, 6.45) is -0.0260. The second kappa shape index (κ2) is 6.20. The number of ether oxygens (including phenoxy) is 1. The predicted molar refractivity (Wildman–Crippen MR) is 59.2 cm³/mol. The molecule has 1 fully saturated rings. The first-order valence-electron chi connectivity index (χ1n) is 5.47. The SMILES string of the molecule is COC1CCN(C(=O)N[C@@H](CC(=O)O)C(=O)O)C1. The minimum Gasteiger partial charge on any atom is -0.481 e. The number of carboxylic acids is 2. The number of hydrogen-bond acceptors (Lipinski definition) is 4. The first-order chi connectivity index (χ1) is 8.43. The van der Waals surface area contributed by atoms with Gasteiger partial charge in [-0.1, -0.05) is 0 Å². The van der Waals surface area contributed by atoms with E-state index in [2.05, 4.69) is 5.32 Å². The summed E-state index contributed by atoms with van der Waals surface area (Å²) in [5.74, 6) is -2.65. The zero-order valence-corrected chi connectivity index (χ0v) is 9.96. The number of carbonyl (C=O) groups excluding carboxylic acids is 1. The molecule has 0 aliphatic carbocycles. The number of rotatable bonds is 5. The second-order valence-electron chi connectivity index (χ2n) is 4.03. The zero-order valence-electron chi connectivity index (χ0n) is 9.96. The van der Waals surface area contributed by atoms with Gasteiger partial charge in [-0.15, -0.1) is 0 Å². The maximum absolute atomic E-state index is 11.7. The van der Waals surface area contributed by atoms with E-state index in [1.807, 2.05) is 0 Å². The van der Waals surface area contributed by atoms with E-state index in [1.165, 1.54) is 12.0 Å². The molecule has 2 amide bonds. The number of likely N-dealkylation sites (tertiary alicyclic amines) is 1. The summed E-state index contributed by atoms with van der Waals surface area (Å²) in [6, 6.07) is -2.00. The van der Waals surface area contributed by atoms with Crippen LogP contribution in [0.1, 0.15) is 12.8 Å². The van der Waals surface area contributed by atoms with Gasteiger partial charge >= 0.3 is 18.0 Å². The normalized spacial score (nSPS) is 20.5. The molecule has 2 atom stereocenters. The minimum absolute atomic E-state index is 0.0569. The van der Waals surface area contributed by atoms with Gasteiger partial charge in [-0.3, -0.25) is 4.79 Å². The van der Waals surface area contributed by atoms with E-state index in [-0.39, 0.29) is 6.10 Å². The Labute approximate surface area is 104 Å². The largest absolute Gasteiger partial charge is 0.481 e. The molecule has 8 heteroatoms. The molecule has 0 bridgehead atoms. The molecule has 1 rings (SSSR count). The summed E-state index contributed by atoms with van der Waals surface area (Å²) < 4.78 is 5.08. The summed E-state index contributed by atoms with van der Waals surface area (Å²) >= 11 is 0. The molecule has 0 spiro atoms. The highest BCUT2D eigenvalue weighted by molar-refractivity contribution is 5.86. The van der Waals surface area contributed by atoms with Gasteiger partial charge < -0.3 is 25.2 Å². The van der Waals surface area contributed by atoms with Crippen LogP contribution in [0.2, 0.25) is 0 Å². The molecule has 1 saturated heterocycles. The number of hydrogen-bond donors (Lipinski definition) is 3. The van der Waals surface area contributed by atoms with Crippen LogP contribution < -0.4 is 5.32 Å². The van der Waals surface area contributed by atoms with Gasteiger partial charge in [0.25, 0.3) is 0 Å². The van der Waals surface area contributed by atoms with Crippen molar-refractivity contribution < 1.29 is 29.3 Å². The van der Waals surface area contributed by atoms with Crippen LogP contribution in [0, 0.1) is 0 Å². The van der Waals surface area contributed by atoms with Crippen molar-refractivity contribution >= 4 is 18.0 Å². The third-order valence-electron chi connectivity index (χ3n) is 2.74. The molecule has 102 valence electrons. The Kier molecular flexibility index (Phi) is 4.90. The fourth-order valence-corrected chi connectivity index (χ4v) is 1.72. The van der Waals surface area contributed by atoms with Crippen molar-refractivity contribution in [1.29, 1.82) is 0 Å². The Hall–Kier alpha value is -1.83. The standard InChI is InChI=1S/C10H16N2O6/c1-18-6-2-3-12(5-6)10(17)11-7(9(15)16)4-8(13)14/h6-7H,2-5H2,1H3,(H,11,17)(H,13,14)(H,15,16)/t6?,7-/m0/s1. The van der Waals surface area contributed by atoms with E-state index >= 15 is 0 Å². The molecule has 0 saturated carbocycles. The zero-order chi connectivity index (χ0) is 13.7. The Bertz CT molecular complexity index is 345. The lowest BCUT2D eigenvalue weighted by molar-refractivity contribution is -0.145. The van der Waals surface area contributed by atoms with Gasteiger partial charge in [-0.25, -0.2) is 9.59 Å². The molecule has 3 N–H and O–H groups in total. The number of amides is 2.